The molecular weight excluding hydrogens is 292 g/mol. The SMILES string of the molecule is CCOc1ccc(NC(=O)N2CC(N3CCN(C)CC3)C2)cc1. The summed E-state index contributed by atoms with van der Waals surface area (Å²) in [5, 5.41) is 2.95. The minimum absolute atomic E-state index is 0.0143. The second kappa shape index (κ2) is 7.19. The first-order valence-electron chi connectivity index (χ1n) is 8.37. The van der Waals surface area contributed by atoms with E-state index in [1.54, 1.807) is 0 Å². The molecule has 2 saturated heterocycles. The Balaban J connectivity index is 1.43. The van der Waals surface area contributed by atoms with Crippen molar-refractivity contribution in [3.8, 4) is 5.75 Å². The molecule has 1 aromatic carbocycles. The van der Waals surface area contributed by atoms with Gasteiger partial charge in [0.15, 0.2) is 0 Å². The molecule has 2 aliphatic heterocycles. The van der Waals surface area contributed by atoms with Crippen molar-refractivity contribution < 1.29 is 9.53 Å². The van der Waals surface area contributed by atoms with Gasteiger partial charge in [-0.2, -0.15) is 0 Å². The molecule has 6 nitrogen and oxygen atoms in total. The van der Waals surface area contributed by atoms with Crippen molar-refractivity contribution >= 4 is 11.7 Å². The monoisotopic (exact) mass is 318 g/mol. The molecular formula is C17H26N4O2. The molecule has 2 fully saturated rings. The van der Waals surface area contributed by atoms with Crippen molar-refractivity contribution in [3.05, 3.63) is 24.3 Å². The number of amides is 2. The van der Waals surface area contributed by atoms with Crippen molar-refractivity contribution in [1.29, 1.82) is 0 Å². The first-order chi connectivity index (χ1) is 11.2. The zero-order valence-electron chi connectivity index (χ0n) is 14.0. The lowest BCUT2D eigenvalue weighted by atomic mass is 10.1. The van der Waals surface area contributed by atoms with Gasteiger partial charge in [-0.15, -0.1) is 0 Å². The number of carbonyl (C=O) groups is 1. The first-order valence-corrected chi connectivity index (χ1v) is 8.37. The number of ether oxygens (including phenoxy) is 1. The van der Waals surface area contributed by atoms with Crippen LogP contribution in [-0.2, 0) is 0 Å². The fourth-order valence-electron chi connectivity index (χ4n) is 3.04. The summed E-state index contributed by atoms with van der Waals surface area (Å²) in [6.07, 6.45) is 0. The standard InChI is InChI=1S/C17H26N4O2/c1-3-23-16-6-4-14(5-7-16)18-17(22)21-12-15(13-21)20-10-8-19(2)9-11-20/h4-7,15H,3,8-13H2,1-2H3,(H,18,22). The number of hydrogen-bond donors (Lipinski definition) is 1. The van der Waals surface area contributed by atoms with Crippen LogP contribution >= 0.6 is 0 Å². The number of hydrogen-bond acceptors (Lipinski definition) is 4. The molecule has 0 atom stereocenters. The maximum absolute atomic E-state index is 12.2. The molecule has 1 N–H and O–H groups in total. The molecule has 0 bridgehead atoms. The molecule has 0 radical (unpaired) electrons. The van der Waals surface area contributed by atoms with Crippen LogP contribution in [0.3, 0.4) is 0 Å². The van der Waals surface area contributed by atoms with Gasteiger partial charge in [-0.1, -0.05) is 0 Å². The summed E-state index contributed by atoms with van der Waals surface area (Å²) in [6.45, 7) is 8.71. The third-order valence-electron chi connectivity index (χ3n) is 4.62. The van der Waals surface area contributed by atoms with Crippen LogP contribution in [-0.4, -0.2) is 79.7 Å². The van der Waals surface area contributed by atoms with Gasteiger partial charge in [-0.25, -0.2) is 4.79 Å². The van der Waals surface area contributed by atoms with Crippen molar-refractivity contribution in [2.24, 2.45) is 0 Å². The number of nitrogens with one attached hydrogen (secondary N) is 1. The quantitative estimate of drug-likeness (QED) is 0.915. The second-order valence-electron chi connectivity index (χ2n) is 6.29. The molecule has 1 aromatic rings. The second-order valence-corrected chi connectivity index (χ2v) is 6.29. The molecule has 2 heterocycles. The summed E-state index contributed by atoms with van der Waals surface area (Å²) in [5.74, 6) is 0.824. The van der Waals surface area contributed by atoms with E-state index in [1.165, 1.54) is 0 Å². The van der Waals surface area contributed by atoms with Gasteiger partial charge in [0.25, 0.3) is 0 Å². The molecule has 0 aromatic heterocycles. The van der Waals surface area contributed by atoms with Gasteiger partial charge in [0.05, 0.1) is 6.61 Å². The molecule has 2 amide bonds. The highest BCUT2D eigenvalue weighted by atomic mass is 16.5. The van der Waals surface area contributed by atoms with E-state index >= 15 is 0 Å². The molecule has 6 heteroatoms. The van der Waals surface area contributed by atoms with Crippen LogP contribution in [0.1, 0.15) is 6.92 Å². The number of benzene rings is 1. The van der Waals surface area contributed by atoms with Gasteiger partial charge in [0, 0.05) is 51.0 Å². The maximum Gasteiger partial charge on any atom is 0.321 e. The largest absolute Gasteiger partial charge is 0.494 e. The third kappa shape index (κ3) is 3.95. The Kier molecular flexibility index (Phi) is 5.03. The van der Waals surface area contributed by atoms with E-state index in [1.807, 2.05) is 36.1 Å². The fourth-order valence-corrected chi connectivity index (χ4v) is 3.04. The summed E-state index contributed by atoms with van der Waals surface area (Å²) in [7, 11) is 2.16. The zero-order valence-corrected chi connectivity index (χ0v) is 14.0. The predicted octanol–water partition coefficient (Wildman–Crippen LogP) is 1.55. The number of likely N-dealkylation sites (tertiary alicyclic amines) is 1. The number of carbonyl (C=O) groups excluding carboxylic acids is 1. The van der Waals surface area contributed by atoms with Gasteiger partial charge >= 0.3 is 6.03 Å². The lowest BCUT2D eigenvalue weighted by Crippen LogP contribution is -2.64. The topological polar surface area (TPSA) is 48.1 Å². The Hall–Kier alpha value is -1.79. The smallest absolute Gasteiger partial charge is 0.321 e. The van der Waals surface area contributed by atoms with Gasteiger partial charge in [-0.05, 0) is 38.2 Å². The van der Waals surface area contributed by atoms with E-state index in [9.17, 15) is 4.79 Å². The normalized spacial score (nSPS) is 20.2. The van der Waals surface area contributed by atoms with Gasteiger partial charge in [-0.3, -0.25) is 4.90 Å². The van der Waals surface area contributed by atoms with E-state index in [-0.39, 0.29) is 6.03 Å². The van der Waals surface area contributed by atoms with Crippen LogP contribution in [0.15, 0.2) is 24.3 Å². The van der Waals surface area contributed by atoms with Crippen LogP contribution in [0.4, 0.5) is 10.5 Å². The van der Waals surface area contributed by atoms with Crippen molar-refractivity contribution in [1.82, 2.24) is 14.7 Å². The molecule has 3 rings (SSSR count). The fraction of sp³-hybridized carbons (Fsp3) is 0.588. The highest BCUT2D eigenvalue weighted by Gasteiger charge is 2.35. The highest BCUT2D eigenvalue weighted by molar-refractivity contribution is 5.90. The van der Waals surface area contributed by atoms with Crippen LogP contribution in [0, 0.1) is 0 Å². The number of rotatable bonds is 4. The number of piperazine rings is 1. The van der Waals surface area contributed by atoms with Crippen LogP contribution in [0.5, 0.6) is 5.75 Å². The summed E-state index contributed by atoms with van der Waals surface area (Å²) < 4.78 is 5.40. The van der Waals surface area contributed by atoms with E-state index < -0.39 is 0 Å². The molecule has 0 spiro atoms. The summed E-state index contributed by atoms with van der Waals surface area (Å²) in [5.41, 5.74) is 0.807. The summed E-state index contributed by atoms with van der Waals surface area (Å²) in [4.78, 5) is 19.0. The van der Waals surface area contributed by atoms with E-state index in [0.717, 1.165) is 50.7 Å². The summed E-state index contributed by atoms with van der Waals surface area (Å²) in [6, 6.07) is 8.01. The molecule has 2 aliphatic rings. The van der Waals surface area contributed by atoms with Gasteiger partial charge < -0.3 is 19.9 Å². The van der Waals surface area contributed by atoms with E-state index in [2.05, 4.69) is 22.2 Å². The summed E-state index contributed by atoms with van der Waals surface area (Å²) >= 11 is 0. The minimum Gasteiger partial charge on any atom is -0.494 e. The van der Waals surface area contributed by atoms with E-state index in [0.29, 0.717) is 12.6 Å². The Morgan fingerprint density at radius 2 is 1.83 bits per heavy atom. The van der Waals surface area contributed by atoms with E-state index in [4.69, 9.17) is 4.74 Å². The average molecular weight is 318 g/mol. The van der Waals surface area contributed by atoms with Crippen molar-refractivity contribution in [2.75, 3.05) is 58.2 Å². The van der Waals surface area contributed by atoms with Gasteiger partial charge in [0.1, 0.15) is 5.75 Å². The molecule has 126 valence electrons. The highest BCUT2D eigenvalue weighted by Crippen LogP contribution is 2.20. The lowest BCUT2D eigenvalue weighted by molar-refractivity contribution is 0.0318. The Morgan fingerprint density at radius 1 is 1.17 bits per heavy atom. The van der Waals surface area contributed by atoms with Gasteiger partial charge in [0.2, 0.25) is 0 Å². The number of anilines is 1. The average Bonchev–Trinajstić information content (AvgIpc) is 2.50. The number of urea groups is 1. The zero-order chi connectivity index (χ0) is 16.2. The predicted molar refractivity (Wildman–Crippen MR) is 91.1 cm³/mol. The van der Waals surface area contributed by atoms with Crippen LogP contribution in [0.2, 0.25) is 0 Å². The van der Waals surface area contributed by atoms with Crippen molar-refractivity contribution in [3.63, 3.8) is 0 Å². The van der Waals surface area contributed by atoms with Crippen LogP contribution < -0.4 is 10.1 Å². The Bertz CT molecular complexity index is 520. The first kappa shape index (κ1) is 16.1. The molecule has 23 heavy (non-hydrogen) atoms. The minimum atomic E-state index is -0.0143. The lowest BCUT2D eigenvalue weighted by Gasteiger charge is -2.47. The van der Waals surface area contributed by atoms with Crippen LogP contribution in [0.25, 0.3) is 0 Å². The number of likely N-dealkylation sites (N-methyl/N-ethyl adjacent to an activating group) is 1. The third-order valence-corrected chi connectivity index (χ3v) is 4.62. The Labute approximate surface area is 138 Å². The molecule has 0 aliphatic carbocycles. The molecule has 0 saturated carbocycles. The Morgan fingerprint density at radius 3 is 2.43 bits per heavy atom. The molecule has 0 unspecified atom stereocenters. The maximum atomic E-state index is 12.2. The van der Waals surface area contributed by atoms with Crippen molar-refractivity contribution in [2.45, 2.75) is 13.0 Å². The number of nitrogens with zero attached hydrogens (tertiary/aromatic N) is 3.